The highest BCUT2D eigenvalue weighted by atomic mass is 15.3. The number of hydrazine groups is 1. The number of rotatable bonds is 3. The van der Waals surface area contributed by atoms with Crippen molar-refractivity contribution in [2.24, 2.45) is 5.84 Å². The Morgan fingerprint density at radius 1 is 1.15 bits per heavy atom. The largest absolute Gasteiger partial charge is 0.308 e. The molecule has 106 valence electrons. The summed E-state index contributed by atoms with van der Waals surface area (Å²) in [5.74, 6) is 6.91. The number of hydrogen-bond acceptors (Lipinski definition) is 4. The van der Waals surface area contributed by atoms with Crippen LogP contribution in [0.1, 0.15) is 39.0 Å². The first-order valence-electron chi connectivity index (χ1n) is 6.90. The lowest BCUT2D eigenvalue weighted by molar-refractivity contribution is 0.568. The molecule has 0 aliphatic heterocycles. The molecule has 0 atom stereocenters. The summed E-state index contributed by atoms with van der Waals surface area (Å²) in [4.78, 5) is 9.22. The van der Waals surface area contributed by atoms with E-state index in [9.17, 15) is 0 Å². The minimum absolute atomic E-state index is 0.0511. The Hall–Kier alpha value is -1.94. The van der Waals surface area contributed by atoms with Crippen LogP contribution in [0.4, 0.5) is 5.82 Å². The molecule has 3 N–H and O–H groups in total. The summed E-state index contributed by atoms with van der Waals surface area (Å²) >= 11 is 0. The van der Waals surface area contributed by atoms with Crippen molar-refractivity contribution in [2.75, 3.05) is 5.43 Å². The number of aryl methyl sites for hydroxylation is 1. The van der Waals surface area contributed by atoms with Crippen molar-refractivity contribution in [2.45, 2.75) is 39.5 Å². The second-order valence-electron chi connectivity index (χ2n) is 5.87. The minimum atomic E-state index is -0.0511. The molecule has 0 aliphatic carbocycles. The molecule has 0 radical (unpaired) electrons. The second-order valence-corrected chi connectivity index (χ2v) is 5.87. The number of nitrogens with two attached hydrogens (primary N) is 1. The smallest absolute Gasteiger partial charge is 0.162 e. The van der Waals surface area contributed by atoms with Crippen molar-refractivity contribution in [3.63, 3.8) is 0 Å². The van der Waals surface area contributed by atoms with E-state index in [1.54, 1.807) is 0 Å². The van der Waals surface area contributed by atoms with Crippen LogP contribution in [0, 0.1) is 0 Å². The van der Waals surface area contributed by atoms with Crippen LogP contribution >= 0.6 is 0 Å². The SMILES string of the molecule is CCc1ccccc1-c1nc(NN)cc(C(C)(C)C)n1. The molecule has 0 amide bonds. The van der Waals surface area contributed by atoms with Crippen molar-refractivity contribution < 1.29 is 0 Å². The number of nitrogen functional groups attached to an aromatic ring is 1. The fourth-order valence-corrected chi connectivity index (χ4v) is 2.07. The zero-order chi connectivity index (χ0) is 14.8. The summed E-state index contributed by atoms with van der Waals surface area (Å²) in [6.45, 7) is 8.52. The molecule has 20 heavy (non-hydrogen) atoms. The molecule has 0 spiro atoms. The number of aromatic nitrogens is 2. The van der Waals surface area contributed by atoms with E-state index in [2.05, 4.69) is 50.2 Å². The molecule has 2 aromatic rings. The highest BCUT2D eigenvalue weighted by Gasteiger charge is 2.19. The van der Waals surface area contributed by atoms with Gasteiger partial charge in [0.1, 0.15) is 5.82 Å². The van der Waals surface area contributed by atoms with Crippen molar-refractivity contribution in [1.82, 2.24) is 9.97 Å². The summed E-state index contributed by atoms with van der Waals surface area (Å²) in [5.41, 5.74) is 5.86. The maximum absolute atomic E-state index is 5.54. The highest BCUT2D eigenvalue weighted by Crippen LogP contribution is 2.27. The van der Waals surface area contributed by atoms with Crippen molar-refractivity contribution >= 4 is 5.82 Å². The third kappa shape index (κ3) is 2.96. The first-order chi connectivity index (χ1) is 9.45. The molecule has 2 rings (SSSR count). The number of nitrogens with one attached hydrogen (secondary N) is 1. The molecule has 1 heterocycles. The summed E-state index contributed by atoms with van der Waals surface area (Å²) in [7, 11) is 0. The van der Waals surface area contributed by atoms with Crippen molar-refractivity contribution in [1.29, 1.82) is 0 Å². The van der Waals surface area contributed by atoms with Gasteiger partial charge in [0.05, 0.1) is 5.69 Å². The molecule has 1 aromatic carbocycles. The maximum Gasteiger partial charge on any atom is 0.162 e. The van der Waals surface area contributed by atoms with Gasteiger partial charge in [0, 0.05) is 17.0 Å². The van der Waals surface area contributed by atoms with Gasteiger partial charge >= 0.3 is 0 Å². The van der Waals surface area contributed by atoms with Crippen LogP contribution in [-0.2, 0) is 11.8 Å². The average Bonchev–Trinajstić information content (AvgIpc) is 2.45. The maximum atomic E-state index is 5.54. The standard InChI is InChI=1S/C16H22N4/c1-5-11-8-6-7-9-12(11)15-18-13(16(2,3)4)10-14(19-15)20-17/h6-10H,5,17H2,1-4H3,(H,18,19,20). The monoisotopic (exact) mass is 270 g/mol. The van der Waals surface area contributed by atoms with Crippen LogP contribution in [0.25, 0.3) is 11.4 Å². The number of anilines is 1. The van der Waals surface area contributed by atoms with Gasteiger partial charge in [-0.15, -0.1) is 0 Å². The molecule has 0 aliphatic rings. The normalized spacial score (nSPS) is 11.4. The van der Waals surface area contributed by atoms with E-state index in [-0.39, 0.29) is 5.41 Å². The van der Waals surface area contributed by atoms with E-state index < -0.39 is 0 Å². The van der Waals surface area contributed by atoms with Crippen LogP contribution in [0.5, 0.6) is 0 Å². The van der Waals surface area contributed by atoms with E-state index in [1.807, 2.05) is 18.2 Å². The Bertz CT molecular complexity index is 600. The molecule has 0 unspecified atom stereocenters. The molecular formula is C16H22N4. The Morgan fingerprint density at radius 3 is 2.45 bits per heavy atom. The Morgan fingerprint density at radius 2 is 1.85 bits per heavy atom. The first-order valence-corrected chi connectivity index (χ1v) is 6.90. The lowest BCUT2D eigenvalue weighted by Crippen LogP contribution is -2.17. The first kappa shape index (κ1) is 14.5. The predicted molar refractivity (Wildman–Crippen MR) is 83.4 cm³/mol. The quantitative estimate of drug-likeness (QED) is 0.663. The van der Waals surface area contributed by atoms with Gasteiger partial charge in [-0.1, -0.05) is 52.0 Å². The highest BCUT2D eigenvalue weighted by molar-refractivity contribution is 5.62. The van der Waals surface area contributed by atoms with Crippen LogP contribution in [0.2, 0.25) is 0 Å². The number of nitrogens with zero attached hydrogens (tertiary/aromatic N) is 2. The fraction of sp³-hybridized carbons (Fsp3) is 0.375. The third-order valence-corrected chi connectivity index (χ3v) is 3.28. The molecule has 4 nitrogen and oxygen atoms in total. The summed E-state index contributed by atoms with van der Waals surface area (Å²) in [6.07, 6.45) is 0.949. The van der Waals surface area contributed by atoms with Gasteiger partial charge in [-0.3, -0.25) is 0 Å². The van der Waals surface area contributed by atoms with Crippen LogP contribution in [0.3, 0.4) is 0 Å². The molecule has 0 bridgehead atoms. The Balaban J connectivity index is 2.62. The fourth-order valence-electron chi connectivity index (χ4n) is 2.07. The van der Waals surface area contributed by atoms with E-state index in [1.165, 1.54) is 5.56 Å². The Kier molecular flexibility index (Phi) is 4.04. The molecule has 1 aromatic heterocycles. The van der Waals surface area contributed by atoms with Crippen LogP contribution in [-0.4, -0.2) is 9.97 Å². The number of benzene rings is 1. The lowest BCUT2D eigenvalue weighted by atomic mass is 9.91. The molecular weight excluding hydrogens is 248 g/mol. The molecule has 0 saturated carbocycles. The minimum Gasteiger partial charge on any atom is -0.308 e. The van der Waals surface area contributed by atoms with E-state index in [0.29, 0.717) is 5.82 Å². The lowest BCUT2D eigenvalue weighted by Gasteiger charge is -2.19. The van der Waals surface area contributed by atoms with Gasteiger partial charge in [-0.2, -0.15) is 0 Å². The molecule has 4 heteroatoms. The average molecular weight is 270 g/mol. The van der Waals surface area contributed by atoms with Crippen molar-refractivity contribution in [3.8, 4) is 11.4 Å². The summed E-state index contributed by atoms with van der Waals surface area (Å²) in [6, 6.07) is 10.1. The van der Waals surface area contributed by atoms with Gasteiger partial charge < -0.3 is 5.43 Å². The van der Waals surface area contributed by atoms with Crippen molar-refractivity contribution in [3.05, 3.63) is 41.6 Å². The number of hydrogen-bond donors (Lipinski definition) is 2. The van der Waals surface area contributed by atoms with Gasteiger partial charge in [0.2, 0.25) is 0 Å². The zero-order valence-corrected chi connectivity index (χ0v) is 12.6. The van der Waals surface area contributed by atoms with Crippen LogP contribution < -0.4 is 11.3 Å². The van der Waals surface area contributed by atoms with Gasteiger partial charge in [-0.05, 0) is 12.0 Å². The topological polar surface area (TPSA) is 63.8 Å². The molecule has 0 saturated heterocycles. The predicted octanol–water partition coefficient (Wildman–Crippen LogP) is 3.29. The van der Waals surface area contributed by atoms with Gasteiger partial charge in [0.15, 0.2) is 5.82 Å². The Labute approximate surface area is 120 Å². The molecule has 0 fully saturated rings. The van der Waals surface area contributed by atoms with E-state index in [0.717, 1.165) is 23.5 Å². The zero-order valence-electron chi connectivity index (χ0n) is 12.6. The van der Waals surface area contributed by atoms with Gasteiger partial charge in [-0.25, -0.2) is 15.8 Å². The third-order valence-electron chi connectivity index (χ3n) is 3.28. The van der Waals surface area contributed by atoms with Crippen LogP contribution in [0.15, 0.2) is 30.3 Å². The van der Waals surface area contributed by atoms with Gasteiger partial charge in [0.25, 0.3) is 0 Å². The van der Waals surface area contributed by atoms with E-state index in [4.69, 9.17) is 10.8 Å². The summed E-state index contributed by atoms with van der Waals surface area (Å²) < 4.78 is 0. The summed E-state index contributed by atoms with van der Waals surface area (Å²) in [5, 5.41) is 0. The second kappa shape index (κ2) is 5.59. The van der Waals surface area contributed by atoms with E-state index >= 15 is 0 Å².